The second-order valence-corrected chi connectivity index (χ2v) is 5.89. The number of carbonyl (C=O) groups excluding carboxylic acids is 1. The highest BCUT2D eigenvalue weighted by Crippen LogP contribution is 2.24. The summed E-state index contributed by atoms with van der Waals surface area (Å²) in [6.07, 6.45) is 0.545. The van der Waals surface area contributed by atoms with Gasteiger partial charge >= 0.3 is 6.61 Å². The zero-order chi connectivity index (χ0) is 18.2. The fraction of sp³-hybridized carbons (Fsp3) is 0.235. The van der Waals surface area contributed by atoms with E-state index in [4.69, 9.17) is 27.9 Å². The van der Waals surface area contributed by atoms with Gasteiger partial charge in [0.05, 0.1) is 0 Å². The van der Waals surface area contributed by atoms with Crippen molar-refractivity contribution >= 4 is 29.1 Å². The number of hydrogen-bond acceptors (Lipinski definition) is 3. The Labute approximate surface area is 153 Å². The Hall–Kier alpha value is -2.05. The molecule has 0 saturated heterocycles. The standard InChI is InChI=1S/C17H15Cl2F2NO3/c18-12-7-13(19)9-15(8-12)24-10-16(23)22-6-5-11-1-3-14(4-2-11)25-17(20)21/h1-4,7-9,17H,5-6,10H2,(H,22,23). The van der Waals surface area contributed by atoms with Gasteiger partial charge in [0.15, 0.2) is 6.61 Å². The third-order valence-electron chi connectivity index (χ3n) is 3.09. The molecule has 0 unspecified atom stereocenters. The van der Waals surface area contributed by atoms with Crippen LogP contribution in [0.2, 0.25) is 10.0 Å². The minimum Gasteiger partial charge on any atom is -0.484 e. The van der Waals surface area contributed by atoms with Gasteiger partial charge in [0.25, 0.3) is 5.91 Å². The fourth-order valence-electron chi connectivity index (χ4n) is 2.00. The van der Waals surface area contributed by atoms with Crippen LogP contribution in [0.5, 0.6) is 11.5 Å². The molecule has 0 bridgehead atoms. The maximum Gasteiger partial charge on any atom is 0.387 e. The minimum absolute atomic E-state index is 0.0939. The van der Waals surface area contributed by atoms with Crippen LogP contribution >= 0.6 is 23.2 Å². The average Bonchev–Trinajstić information content (AvgIpc) is 2.53. The number of ether oxygens (including phenoxy) is 2. The first-order valence-electron chi connectivity index (χ1n) is 7.32. The van der Waals surface area contributed by atoms with E-state index in [1.54, 1.807) is 30.3 Å². The van der Waals surface area contributed by atoms with Gasteiger partial charge in [0.2, 0.25) is 0 Å². The lowest BCUT2D eigenvalue weighted by Crippen LogP contribution is -2.30. The Bertz CT molecular complexity index is 691. The van der Waals surface area contributed by atoms with E-state index < -0.39 is 6.61 Å². The molecule has 1 amide bonds. The molecule has 25 heavy (non-hydrogen) atoms. The first-order chi connectivity index (χ1) is 11.9. The number of hydrogen-bond donors (Lipinski definition) is 1. The third-order valence-corrected chi connectivity index (χ3v) is 3.53. The van der Waals surface area contributed by atoms with Gasteiger partial charge in [-0.25, -0.2) is 0 Å². The molecule has 0 atom stereocenters. The number of nitrogens with one attached hydrogen (secondary N) is 1. The quantitative estimate of drug-likeness (QED) is 0.730. The maximum absolute atomic E-state index is 12.1. The molecule has 0 aliphatic carbocycles. The molecule has 2 aromatic carbocycles. The topological polar surface area (TPSA) is 47.6 Å². The molecule has 2 aromatic rings. The van der Waals surface area contributed by atoms with Crippen LogP contribution < -0.4 is 14.8 Å². The van der Waals surface area contributed by atoms with E-state index in [-0.39, 0.29) is 18.3 Å². The van der Waals surface area contributed by atoms with Gasteiger partial charge < -0.3 is 14.8 Å². The predicted molar refractivity (Wildman–Crippen MR) is 91.7 cm³/mol. The molecule has 0 fully saturated rings. The van der Waals surface area contributed by atoms with Crippen LogP contribution in [-0.4, -0.2) is 25.7 Å². The lowest BCUT2D eigenvalue weighted by Gasteiger charge is -2.09. The largest absolute Gasteiger partial charge is 0.484 e. The van der Waals surface area contributed by atoms with Crippen LogP contribution in [0.4, 0.5) is 8.78 Å². The molecular formula is C17H15Cl2F2NO3. The molecular weight excluding hydrogens is 375 g/mol. The Morgan fingerprint density at radius 2 is 1.68 bits per heavy atom. The smallest absolute Gasteiger partial charge is 0.387 e. The third kappa shape index (κ3) is 7.15. The molecule has 0 heterocycles. The number of rotatable bonds is 8. The van der Waals surface area contributed by atoms with E-state index in [0.717, 1.165) is 5.56 Å². The van der Waals surface area contributed by atoms with Crippen LogP contribution in [0.1, 0.15) is 5.56 Å². The van der Waals surface area contributed by atoms with Crippen molar-refractivity contribution in [1.29, 1.82) is 0 Å². The summed E-state index contributed by atoms with van der Waals surface area (Å²) in [7, 11) is 0. The molecule has 0 aliphatic rings. The van der Waals surface area contributed by atoms with Crippen LogP contribution in [0.15, 0.2) is 42.5 Å². The normalized spacial score (nSPS) is 10.6. The van der Waals surface area contributed by atoms with Gasteiger partial charge in [-0.3, -0.25) is 4.79 Å². The Kier molecular flexibility index (Phi) is 7.28. The first-order valence-corrected chi connectivity index (χ1v) is 8.07. The molecule has 0 saturated carbocycles. The van der Waals surface area contributed by atoms with E-state index in [1.807, 2.05) is 0 Å². The van der Waals surface area contributed by atoms with E-state index in [0.29, 0.717) is 28.8 Å². The molecule has 134 valence electrons. The van der Waals surface area contributed by atoms with Crippen molar-refractivity contribution in [3.05, 3.63) is 58.1 Å². The van der Waals surface area contributed by atoms with Crippen molar-refractivity contribution in [3.8, 4) is 11.5 Å². The van der Waals surface area contributed by atoms with E-state index in [2.05, 4.69) is 10.1 Å². The molecule has 4 nitrogen and oxygen atoms in total. The number of carbonyl (C=O) groups is 1. The van der Waals surface area contributed by atoms with Gasteiger partial charge in [-0.1, -0.05) is 35.3 Å². The van der Waals surface area contributed by atoms with Crippen LogP contribution in [0.3, 0.4) is 0 Å². The van der Waals surface area contributed by atoms with Gasteiger partial charge in [0, 0.05) is 16.6 Å². The highest BCUT2D eigenvalue weighted by molar-refractivity contribution is 6.34. The zero-order valence-corrected chi connectivity index (χ0v) is 14.5. The Balaban J connectivity index is 1.71. The van der Waals surface area contributed by atoms with Gasteiger partial charge in [-0.2, -0.15) is 8.78 Å². The molecule has 0 spiro atoms. The first kappa shape index (κ1) is 19.3. The van der Waals surface area contributed by atoms with E-state index >= 15 is 0 Å². The van der Waals surface area contributed by atoms with E-state index in [9.17, 15) is 13.6 Å². The lowest BCUT2D eigenvalue weighted by molar-refractivity contribution is -0.123. The SMILES string of the molecule is O=C(COc1cc(Cl)cc(Cl)c1)NCCc1ccc(OC(F)F)cc1. The van der Waals surface area contributed by atoms with Gasteiger partial charge in [0.1, 0.15) is 11.5 Å². The average molecular weight is 390 g/mol. The summed E-state index contributed by atoms with van der Waals surface area (Å²) >= 11 is 11.7. The Morgan fingerprint density at radius 3 is 2.28 bits per heavy atom. The summed E-state index contributed by atoms with van der Waals surface area (Å²) < 4.78 is 33.7. The highest BCUT2D eigenvalue weighted by Gasteiger charge is 2.06. The maximum atomic E-state index is 12.1. The van der Waals surface area contributed by atoms with Crippen molar-refractivity contribution < 1.29 is 23.0 Å². The molecule has 8 heteroatoms. The van der Waals surface area contributed by atoms with Crippen LogP contribution in [0.25, 0.3) is 0 Å². The summed E-state index contributed by atoms with van der Waals surface area (Å²) in [4.78, 5) is 11.7. The van der Waals surface area contributed by atoms with Crippen molar-refractivity contribution in [1.82, 2.24) is 5.32 Å². The number of amides is 1. The molecule has 0 aliphatic heterocycles. The van der Waals surface area contributed by atoms with Gasteiger partial charge in [-0.15, -0.1) is 0 Å². The fourth-order valence-corrected chi connectivity index (χ4v) is 2.50. The summed E-state index contributed by atoms with van der Waals surface area (Å²) in [5.74, 6) is 0.201. The second kappa shape index (κ2) is 9.44. The predicted octanol–water partition coefficient (Wildman–Crippen LogP) is 4.33. The van der Waals surface area contributed by atoms with Crippen molar-refractivity contribution in [3.63, 3.8) is 0 Å². The molecule has 0 radical (unpaired) electrons. The van der Waals surface area contributed by atoms with Crippen LogP contribution in [0, 0.1) is 0 Å². The number of halogens is 4. The van der Waals surface area contributed by atoms with Gasteiger partial charge in [-0.05, 0) is 42.3 Å². The molecule has 0 aromatic heterocycles. The zero-order valence-electron chi connectivity index (χ0n) is 13.0. The number of benzene rings is 2. The summed E-state index contributed by atoms with van der Waals surface area (Å²) in [6, 6.07) is 10.9. The van der Waals surface area contributed by atoms with Crippen molar-refractivity contribution in [2.24, 2.45) is 0 Å². The van der Waals surface area contributed by atoms with Crippen molar-refractivity contribution in [2.75, 3.05) is 13.2 Å². The molecule has 2 rings (SSSR count). The monoisotopic (exact) mass is 389 g/mol. The van der Waals surface area contributed by atoms with E-state index in [1.165, 1.54) is 12.1 Å². The van der Waals surface area contributed by atoms with Crippen LogP contribution in [-0.2, 0) is 11.2 Å². The van der Waals surface area contributed by atoms with Crippen molar-refractivity contribution in [2.45, 2.75) is 13.0 Å². The number of alkyl halides is 2. The second-order valence-electron chi connectivity index (χ2n) is 5.02. The highest BCUT2D eigenvalue weighted by atomic mass is 35.5. The minimum atomic E-state index is -2.85. The lowest BCUT2D eigenvalue weighted by atomic mass is 10.1. The Morgan fingerprint density at radius 1 is 1.04 bits per heavy atom. The molecule has 1 N–H and O–H groups in total. The summed E-state index contributed by atoms with van der Waals surface area (Å²) in [6.45, 7) is -2.63. The summed E-state index contributed by atoms with van der Waals surface area (Å²) in [5.41, 5.74) is 0.879. The summed E-state index contributed by atoms with van der Waals surface area (Å²) in [5, 5.41) is 3.53.